The van der Waals surface area contributed by atoms with E-state index in [9.17, 15) is 0 Å². The number of fused-ring (bicyclic) bond motifs is 1. The summed E-state index contributed by atoms with van der Waals surface area (Å²) in [7, 11) is 0. The number of thiophene rings is 1. The number of hydrogen-bond acceptors (Lipinski definition) is 6. The van der Waals surface area contributed by atoms with Crippen molar-refractivity contribution >= 4 is 27.4 Å². The van der Waals surface area contributed by atoms with E-state index in [-0.39, 0.29) is 0 Å². The van der Waals surface area contributed by atoms with Gasteiger partial charge in [0, 0.05) is 30.1 Å². The molecule has 0 bridgehead atoms. The van der Waals surface area contributed by atoms with E-state index in [1.54, 1.807) is 11.3 Å². The van der Waals surface area contributed by atoms with E-state index in [0.29, 0.717) is 6.61 Å². The van der Waals surface area contributed by atoms with E-state index in [4.69, 9.17) is 14.7 Å². The zero-order valence-electron chi connectivity index (χ0n) is 16.2. The largest absolute Gasteiger partial charge is 0.494 e. The van der Waals surface area contributed by atoms with Gasteiger partial charge in [-0.15, -0.1) is 11.3 Å². The molecule has 0 saturated carbocycles. The van der Waals surface area contributed by atoms with E-state index in [1.807, 2.05) is 26.0 Å². The van der Waals surface area contributed by atoms with Gasteiger partial charge in [-0.05, 0) is 51.4 Å². The van der Waals surface area contributed by atoms with Crippen LogP contribution in [0.3, 0.4) is 0 Å². The molecule has 5 nitrogen and oxygen atoms in total. The van der Waals surface area contributed by atoms with Gasteiger partial charge in [0.15, 0.2) is 0 Å². The first-order chi connectivity index (χ1) is 13.2. The molecule has 2 aromatic heterocycles. The van der Waals surface area contributed by atoms with Gasteiger partial charge in [0.25, 0.3) is 0 Å². The Hall–Kier alpha value is -2.18. The molecule has 0 radical (unpaired) electrons. The van der Waals surface area contributed by atoms with E-state index in [2.05, 4.69) is 29.3 Å². The SMILES string of the molecule is CCOc1ccc(-c2c(C)sc3nc(C)nc(N4CCCNCC4)c23)cc1. The molecule has 1 aromatic carbocycles. The first-order valence-corrected chi connectivity index (χ1v) is 10.5. The van der Waals surface area contributed by atoms with Crippen LogP contribution in [0, 0.1) is 13.8 Å². The van der Waals surface area contributed by atoms with E-state index in [1.165, 1.54) is 21.4 Å². The van der Waals surface area contributed by atoms with Gasteiger partial charge < -0.3 is 15.0 Å². The molecule has 6 heteroatoms. The standard InChI is InChI=1S/C21H26N4OS/c1-4-26-17-8-6-16(7-9-17)18-14(2)27-21-19(18)20(23-15(3)24-21)25-12-5-10-22-11-13-25/h6-9,22H,4-5,10-13H2,1-3H3. The molecule has 1 aliphatic rings. The normalized spacial score (nSPS) is 15.1. The topological polar surface area (TPSA) is 50.3 Å². The summed E-state index contributed by atoms with van der Waals surface area (Å²) in [6, 6.07) is 8.39. The molecule has 4 rings (SSSR count). The van der Waals surface area contributed by atoms with Crippen LogP contribution in [0.1, 0.15) is 24.0 Å². The Morgan fingerprint density at radius 1 is 1.11 bits per heavy atom. The summed E-state index contributed by atoms with van der Waals surface area (Å²) in [5.74, 6) is 2.83. The molecule has 3 aromatic rings. The van der Waals surface area contributed by atoms with Crippen LogP contribution >= 0.6 is 11.3 Å². The molecule has 1 aliphatic heterocycles. The fourth-order valence-corrected chi connectivity index (χ4v) is 4.80. The number of ether oxygens (including phenoxy) is 1. The average Bonchev–Trinajstić information content (AvgIpc) is 2.84. The highest BCUT2D eigenvalue weighted by atomic mass is 32.1. The van der Waals surface area contributed by atoms with Crippen molar-refractivity contribution in [3.05, 3.63) is 35.0 Å². The molecule has 0 spiro atoms. The molecule has 0 amide bonds. The maximum Gasteiger partial charge on any atom is 0.141 e. The van der Waals surface area contributed by atoms with Gasteiger partial charge in [0.05, 0.1) is 12.0 Å². The minimum absolute atomic E-state index is 0.681. The number of nitrogens with one attached hydrogen (secondary N) is 1. The molecular weight excluding hydrogens is 356 g/mol. The van der Waals surface area contributed by atoms with Crippen molar-refractivity contribution in [1.29, 1.82) is 0 Å². The summed E-state index contributed by atoms with van der Waals surface area (Å²) < 4.78 is 5.61. The summed E-state index contributed by atoms with van der Waals surface area (Å²) in [4.78, 5) is 14.4. The lowest BCUT2D eigenvalue weighted by molar-refractivity contribution is 0.340. The lowest BCUT2D eigenvalue weighted by atomic mass is 10.0. The highest BCUT2D eigenvalue weighted by molar-refractivity contribution is 7.19. The molecule has 3 heterocycles. The van der Waals surface area contributed by atoms with Crippen molar-refractivity contribution in [1.82, 2.24) is 15.3 Å². The van der Waals surface area contributed by atoms with Gasteiger partial charge in [-0.2, -0.15) is 0 Å². The first kappa shape index (κ1) is 18.2. The number of hydrogen-bond donors (Lipinski definition) is 1. The molecule has 0 aliphatic carbocycles. The first-order valence-electron chi connectivity index (χ1n) is 9.64. The number of benzene rings is 1. The maximum absolute atomic E-state index is 5.61. The third-order valence-electron chi connectivity index (χ3n) is 4.91. The van der Waals surface area contributed by atoms with Gasteiger partial charge in [-0.25, -0.2) is 9.97 Å². The third kappa shape index (κ3) is 3.64. The third-order valence-corrected chi connectivity index (χ3v) is 5.91. The van der Waals surface area contributed by atoms with Crippen molar-refractivity contribution in [2.24, 2.45) is 0 Å². The maximum atomic E-state index is 5.61. The van der Waals surface area contributed by atoms with E-state index >= 15 is 0 Å². The quantitative estimate of drug-likeness (QED) is 0.734. The second-order valence-corrected chi connectivity index (χ2v) is 8.06. The smallest absolute Gasteiger partial charge is 0.141 e. The molecule has 1 N–H and O–H groups in total. The van der Waals surface area contributed by atoms with Crippen LogP contribution in [-0.4, -0.2) is 42.8 Å². The zero-order chi connectivity index (χ0) is 18.8. The molecular formula is C21H26N4OS. The molecule has 1 fully saturated rings. The zero-order valence-corrected chi connectivity index (χ0v) is 17.0. The molecule has 27 heavy (non-hydrogen) atoms. The minimum atomic E-state index is 0.681. The Morgan fingerprint density at radius 3 is 2.70 bits per heavy atom. The van der Waals surface area contributed by atoms with E-state index in [0.717, 1.165) is 54.8 Å². The van der Waals surface area contributed by atoms with Crippen LogP contribution in [0.15, 0.2) is 24.3 Å². The van der Waals surface area contributed by atoms with Gasteiger partial charge >= 0.3 is 0 Å². The summed E-state index contributed by atoms with van der Waals surface area (Å²) in [5, 5.41) is 4.67. The molecule has 1 saturated heterocycles. The van der Waals surface area contributed by atoms with Crippen LogP contribution in [0.5, 0.6) is 5.75 Å². The summed E-state index contributed by atoms with van der Waals surface area (Å²) in [6.45, 7) is 10.9. The monoisotopic (exact) mass is 382 g/mol. The molecule has 0 atom stereocenters. The second kappa shape index (κ2) is 7.82. The minimum Gasteiger partial charge on any atom is -0.494 e. The van der Waals surface area contributed by atoms with Gasteiger partial charge in [-0.3, -0.25) is 0 Å². The predicted octanol–water partition coefficient (Wildman–Crippen LogP) is 4.17. The van der Waals surface area contributed by atoms with Gasteiger partial charge in [0.1, 0.15) is 22.2 Å². The fraction of sp³-hybridized carbons (Fsp3) is 0.429. The second-order valence-electron chi connectivity index (χ2n) is 6.86. The van der Waals surface area contributed by atoms with Crippen molar-refractivity contribution in [2.75, 3.05) is 37.7 Å². The number of aromatic nitrogens is 2. The Bertz CT molecular complexity index is 927. The fourth-order valence-electron chi connectivity index (χ4n) is 3.72. The number of nitrogens with zero attached hydrogens (tertiary/aromatic N) is 3. The van der Waals surface area contributed by atoms with Gasteiger partial charge in [0.2, 0.25) is 0 Å². The van der Waals surface area contributed by atoms with Crippen LogP contribution in [0.25, 0.3) is 21.3 Å². The lowest BCUT2D eigenvalue weighted by Crippen LogP contribution is -2.29. The lowest BCUT2D eigenvalue weighted by Gasteiger charge is -2.23. The Labute approximate surface area is 164 Å². The van der Waals surface area contributed by atoms with Crippen molar-refractivity contribution < 1.29 is 4.74 Å². The van der Waals surface area contributed by atoms with E-state index < -0.39 is 0 Å². The van der Waals surface area contributed by atoms with Gasteiger partial charge in [-0.1, -0.05) is 12.1 Å². The van der Waals surface area contributed by atoms with Crippen LogP contribution < -0.4 is 15.0 Å². The number of aryl methyl sites for hydroxylation is 2. The average molecular weight is 383 g/mol. The summed E-state index contributed by atoms with van der Waals surface area (Å²) >= 11 is 1.76. The molecule has 0 unspecified atom stereocenters. The van der Waals surface area contributed by atoms with Crippen molar-refractivity contribution in [3.8, 4) is 16.9 Å². The Balaban J connectivity index is 1.86. The van der Waals surface area contributed by atoms with Crippen LogP contribution in [-0.2, 0) is 0 Å². The predicted molar refractivity (Wildman–Crippen MR) is 113 cm³/mol. The molecule has 142 valence electrons. The van der Waals surface area contributed by atoms with Crippen molar-refractivity contribution in [2.45, 2.75) is 27.2 Å². The highest BCUT2D eigenvalue weighted by Crippen LogP contribution is 2.42. The Morgan fingerprint density at radius 2 is 1.93 bits per heavy atom. The Kier molecular flexibility index (Phi) is 5.27. The van der Waals surface area contributed by atoms with Crippen molar-refractivity contribution in [3.63, 3.8) is 0 Å². The van der Waals surface area contributed by atoms with Crippen LogP contribution in [0.4, 0.5) is 5.82 Å². The highest BCUT2D eigenvalue weighted by Gasteiger charge is 2.22. The van der Waals surface area contributed by atoms with Crippen LogP contribution in [0.2, 0.25) is 0 Å². The number of anilines is 1. The summed E-state index contributed by atoms with van der Waals surface area (Å²) in [6.07, 6.45) is 1.13. The number of rotatable bonds is 4. The summed E-state index contributed by atoms with van der Waals surface area (Å²) in [5.41, 5.74) is 2.45.